The molecule has 0 aliphatic heterocycles. The minimum absolute atomic E-state index is 0.0247. The van der Waals surface area contributed by atoms with Gasteiger partial charge in [-0.15, -0.1) is 0 Å². The van der Waals surface area contributed by atoms with E-state index in [1.165, 1.54) is 0 Å². The molecule has 182 valence electrons. The number of hydrogen-bond acceptors (Lipinski definition) is 5. The summed E-state index contributed by atoms with van der Waals surface area (Å²) in [5.74, 6) is -1.79. The molecule has 0 unspecified atom stereocenters. The van der Waals surface area contributed by atoms with Gasteiger partial charge in [-0.05, 0) is 23.5 Å². The van der Waals surface area contributed by atoms with Gasteiger partial charge >= 0.3 is 12.1 Å². The van der Waals surface area contributed by atoms with Gasteiger partial charge in [-0.25, -0.2) is 9.59 Å². The van der Waals surface area contributed by atoms with Crippen molar-refractivity contribution in [2.75, 3.05) is 0 Å². The number of carboxylic acid groups (broad SMARTS) is 1. The molecule has 2 atom stereocenters. The highest BCUT2D eigenvalue weighted by atomic mass is 16.5. The third-order valence-corrected chi connectivity index (χ3v) is 5.07. The fourth-order valence-electron chi connectivity index (χ4n) is 3.36. The molecule has 0 radical (unpaired) electrons. The Hall–Kier alpha value is -3.68. The van der Waals surface area contributed by atoms with Crippen molar-refractivity contribution < 1.29 is 29.0 Å². The summed E-state index contributed by atoms with van der Waals surface area (Å²) >= 11 is 0. The Morgan fingerprint density at radius 2 is 1.44 bits per heavy atom. The van der Waals surface area contributed by atoms with Crippen LogP contribution in [0.3, 0.4) is 0 Å². The van der Waals surface area contributed by atoms with Crippen molar-refractivity contribution >= 4 is 23.8 Å². The minimum Gasteiger partial charge on any atom is -0.480 e. The molecule has 0 aliphatic carbocycles. The van der Waals surface area contributed by atoms with Crippen LogP contribution in [0.25, 0.3) is 0 Å². The van der Waals surface area contributed by atoms with E-state index in [1.54, 1.807) is 36.4 Å². The Kier molecular flexibility index (Phi) is 10.8. The average molecular weight is 469 g/mol. The molecular weight excluding hydrogens is 436 g/mol. The van der Waals surface area contributed by atoms with Crippen molar-refractivity contribution in [3.63, 3.8) is 0 Å². The third-order valence-electron chi connectivity index (χ3n) is 5.07. The van der Waals surface area contributed by atoms with Crippen LogP contribution in [-0.4, -0.2) is 40.9 Å². The normalized spacial score (nSPS) is 12.4. The van der Waals surface area contributed by atoms with Gasteiger partial charge in [0.05, 0.1) is 0 Å². The lowest BCUT2D eigenvalue weighted by Crippen LogP contribution is -2.52. The van der Waals surface area contributed by atoms with Crippen molar-refractivity contribution in [3.8, 4) is 0 Å². The van der Waals surface area contributed by atoms with Crippen LogP contribution >= 0.6 is 0 Å². The molecule has 0 heterocycles. The Balaban J connectivity index is 2.03. The average Bonchev–Trinajstić information content (AvgIpc) is 2.80. The second-order valence-electron chi connectivity index (χ2n) is 8.52. The molecule has 0 fully saturated rings. The number of carbonyl (C=O) groups excluding carboxylic acids is 3. The lowest BCUT2D eigenvalue weighted by molar-refractivity contribution is -0.142. The van der Waals surface area contributed by atoms with Crippen LogP contribution in [0.4, 0.5) is 4.79 Å². The van der Waals surface area contributed by atoms with Crippen molar-refractivity contribution in [1.29, 1.82) is 0 Å². The van der Waals surface area contributed by atoms with Crippen LogP contribution in [0.5, 0.6) is 0 Å². The van der Waals surface area contributed by atoms with Crippen molar-refractivity contribution in [1.82, 2.24) is 10.6 Å². The molecule has 0 aromatic heterocycles. The maximum absolute atomic E-state index is 13.0. The first-order chi connectivity index (χ1) is 16.2. The Bertz CT molecular complexity index is 946. The van der Waals surface area contributed by atoms with E-state index >= 15 is 0 Å². The van der Waals surface area contributed by atoms with Gasteiger partial charge in [0.25, 0.3) is 0 Å². The van der Waals surface area contributed by atoms with E-state index in [1.807, 2.05) is 38.1 Å². The predicted molar refractivity (Wildman–Crippen MR) is 127 cm³/mol. The fourth-order valence-corrected chi connectivity index (χ4v) is 3.36. The van der Waals surface area contributed by atoms with Gasteiger partial charge in [-0.1, -0.05) is 74.5 Å². The maximum Gasteiger partial charge on any atom is 0.408 e. The highest BCUT2D eigenvalue weighted by molar-refractivity contribution is 5.89. The summed E-state index contributed by atoms with van der Waals surface area (Å²) in [6.45, 7) is 3.85. The molecule has 2 amide bonds. The summed E-state index contributed by atoms with van der Waals surface area (Å²) < 4.78 is 5.22. The summed E-state index contributed by atoms with van der Waals surface area (Å²) in [6, 6.07) is 15.8. The third kappa shape index (κ3) is 9.85. The number of rotatable bonds is 13. The van der Waals surface area contributed by atoms with Crippen LogP contribution in [0, 0.1) is 5.92 Å². The maximum atomic E-state index is 13.0. The monoisotopic (exact) mass is 468 g/mol. The summed E-state index contributed by atoms with van der Waals surface area (Å²) in [7, 11) is 0. The van der Waals surface area contributed by atoms with E-state index in [4.69, 9.17) is 4.74 Å². The van der Waals surface area contributed by atoms with Crippen molar-refractivity contribution in [3.05, 3.63) is 71.8 Å². The molecule has 0 bridgehead atoms. The highest BCUT2D eigenvalue weighted by Gasteiger charge is 2.27. The number of hydrogen-bond donors (Lipinski definition) is 3. The van der Waals surface area contributed by atoms with Gasteiger partial charge in [-0.3, -0.25) is 9.59 Å². The largest absolute Gasteiger partial charge is 0.480 e. The quantitative estimate of drug-likeness (QED) is 0.414. The topological polar surface area (TPSA) is 122 Å². The zero-order valence-corrected chi connectivity index (χ0v) is 19.5. The molecule has 2 aromatic carbocycles. The lowest BCUT2D eigenvalue weighted by atomic mass is 10.0. The molecule has 2 rings (SSSR count). The molecular formula is C26H32N2O6. The number of alkyl carbamates (subject to hydrolysis) is 1. The van der Waals surface area contributed by atoms with Crippen LogP contribution in [0.2, 0.25) is 0 Å². The van der Waals surface area contributed by atoms with Crippen molar-refractivity contribution in [2.45, 2.75) is 58.2 Å². The fraction of sp³-hybridized carbons (Fsp3) is 0.385. The first-order valence-corrected chi connectivity index (χ1v) is 11.3. The van der Waals surface area contributed by atoms with Gasteiger partial charge < -0.3 is 20.5 Å². The molecule has 0 spiro atoms. The number of ketones is 1. The summed E-state index contributed by atoms with van der Waals surface area (Å²) in [6.07, 6.45) is -0.273. The first-order valence-electron chi connectivity index (χ1n) is 11.3. The van der Waals surface area contributed by atoms with Crippen LogP contribution in [0.15, 0.2) is 60.7 Å². The number of carbonyl (C=O) groups is 4. The molecule has 2 aromatic rings. The van der Waals surface area contributed by atoms with E-state index in [2.05, 4.69) is 10.6 Å². The van der Waals surface area contributed by atoms with E-state index in [0.29, 0.717) is 6.42 Å². The van der Waals surface area contributed by atoms with Crippen molar-refractivity contribution in [2.24, 2.45) is 5.92 Å². The number of amides is 2. The van der Waals surface area contributed by atoms with Gasteiger partial charge in [0.1, 0.15) is 24.5 Å². The SMILES string of the molecule is CC(C)CC(=O)CC[C@H](NC(=O)[C@H](Cc1ccccc1)NC(=O)OCc1ccccc1)C(=O)O. The summed E-state index contributed by atoms with van der Waals surface area (Å²) in [5, 5.41) is 14.5. The second-order valence-corrected chi connectivity index (χ2v) is 8.52. The summed E-state index contributed by atoms with van der Waals surface area (Å²) in [5.41, 5.74) is 1.57. The number of ether oxygens (including phenoxy) is 1. The standard InChI is InChI=1S/C26H32N2O6/c1-18(2)15-21(29)13-14-22(25(31)32)27-24(30)23(16-19-9-5-3-6-10-19)28-26(33)34-17-20-11-7-4-8-12-20/h3-12,18,22-23H,13-17H2,1-2H3,(H,27,30)(H,28,33)(H,31,32)/t22-,23-/m0/s1. The van der Waals surface area contributed by atoms with Gasteiger partial charge in [-0.2, -0.15) is 0 Å². The molecule has 3 N–H and O–H groups in total. The van der Waals surface area contributed by atoms with Gasteiger partial charge in [0.15, 0.2) is 0 Å². The van der Waals surface area contributed by atoms with E-state index in [0.717, 1.165) is 11.1 Å². The van der Waals surface area contributed by atoms with Gasteiger partial charge in [0.2, 0.25) is 5.91 Å². The molecule has 0 saturated heterocycles. The summed E-state index contributed by atoms with van der Waals surface area (Å²) in [4.78, 5) is 49.0. The Labute approximate surface area is 199 Å². The van der Waals surface area contributed by atoms with Crippen LogP contribution in [-0.2, 0) is 32.1 Å². The molecule has 34 heavy (non-hydrogen) atoms. The number of Topliss-reactive ketones (excluding diaryl/α,β-unsaturated/α-hetero) is 1. The Morgan fingerprint density at radius 1 is 0.853 bits per heavy atom. The smallest absolute Gasteiger partial charge is 0.408 e. The van der Waals surface area contributed by atoms with Crippen LogP contribution in [0.1, 0.15) is 44.2 Å². The minimum atomic E-state index is -1.25. The number of nitrogens with one attached hydrogen (secondary N) is 2. The molecule has 0 aliphatic rings. The van der Waals surface area contributed by atoms with Gasteiger partial charge in [0, 0.05) is 19.3 Å². The number of carboxylic acids is 1. The zero-order chi connectivity index (χ0) is 24.9. The second kappa shape index (κ2) is 13.8. The predicted octanol–water partition coefficient (Wildman–Crippen LogP) is 3.49. The first kappa shape index (κ1) is 26.6. The number of benzene rings is 2. The zero-order valence-electron chi connectivity index (χ0n) is 19.5. The molecule has 8 heteroatoms. The lowest BCUT2D eigenvalue weighted by Gasteiger charge is -2.21. The number of aliphatic carboxylic acids is 1. The van der Waals surface area contributed by atoms with E-state index in [-0.39, 0.29) is 37.6 Å². The van der Waals surface area contributed by atoms with E-state index in [9.17, 15) is 24.3 Å². The van der Waals surface area contributed by atoms with E-state index < -0.39 is 30.1 Å². The highest BCUT2D eigenvalue weighted by Crippen LogP contribution is 2.09. The molecule has 8 nitrogen and oxygen atoms in total. The van der Waals surface area contributed by atoms with Crippen LogP contribution < -0.4 is 10.6 Å². The Morgan fingerprint density at radius 3 is 2.00 bits per heavy atom. The molecule has 0 saturated carbocycles.